The number of nitrogens with one attached hydrogen (secondary N) is 1. The predicted molar refractivity (Wildman–Crippen MR) is 76.9 cm³/mol. The van der Waals surface area contributed by atoms with Crippen molar-refractivity contribution >= 4 is 5.91 Å². The molecule has 0 spiro atoms. The standard InChI is InChI=1S/C15H25N3O2/c1-2-12-9-17-13(20-12)10-18-14(19)15(11-16)7-5-3-4-6-8-15/h9H,2-8,10-11,16H2,1H3,(H,18,19). The topological polar surface area (TPSA) is 81.2 Å². The van der Waals surface area contributed by atoms with Gasteiger partial charge in [0.05, 0.1) is 18.2 Å². The maximum atomic E-state index is 12.5. The summed E-state index contributed by atoms with van der Waals surface area (Å²) in [7, 11) is 0. The highest BCUT2D eigenvalue weighted by Gasteiger charge is 2.37. The molecule has 5 nitrogen and oxygen atoms in total. The fraction of sp³-hybridized carbons (Fsp3) is 0.733. The van der Waals surface area contributed by atoms with Crippen molar-refractivity contribution in [1.29, 1.82) is 0 Å². The smallest absolute Gasteiger partial charge is 0.227 e. The molecule has 0 radical (unpaired) electrons. The number of hydrogen-bond acceptors (Lipinski definition) is 4. The van der Waals surface area contributed by atoms with Crippen molar-refractivity contribution in [3.8, 4) is 0 Å². The Labute approximate surface area is 120 Å². The van der Waals surface area contributed by atoms with Crippen LogP contribution in [-0.4, -0.2) is 17.4 Å². The summed E-state index contributed by atoms with van der Waals surface area (Å²) in [5.74, 6) is 1.46. The quantitative estimate of drug-likeness (QED) is 0.809. The van der Waals surface area contributed by atoms with Gasteiger partial charge < -0.3 is 15.5 Å². The molecule has 1 aliphatic rings. The molecule has 0 aromatic carbocycles. The Hall–Kier alpha value is -1.36. The Bertz CT molecular complexity index is 434. The van der Waals surface area contributed by atoms with Crippen molar-refractivity contribution in [3.63, 3.8) is 0 Å². The highest BCUT2D eigenvalue weighted by atomic mass is 16.4. The zero-order valence-electron chi connectivity index (χ0n) is 12.3. The third-order valence-electron chi connectivity index (χ3n) is 4.28. The highest BCUT2D eigenvalue weighted by molar-refractivity contribution is 5.82. The van der Waals surface area contributed by atoms with Gasteiger partial charge in [-0.25, -0.2) is 4.98 Å². The van der Waals surface area contributed by atoms with Gasteiger partial charge in [0.25, 0.3) is 0 Å². The Morgan fingerprint density at radius 3 is 2.65 bits per heavy atom. The largest absolute Gasteiger partial charge is 0.444 e. The van der Waals surface area contributed by atoms with Crippen molar-refractivity contribution in [2.75, 3.05) is 6.54 Å². The van der Waals surface area contributed by atoms with Gasteiger partial charge in [-0.15, -0.1) is 0 Å². The zero-order valence-corrected chi connectivity index (χ0v) is 12.3. The first-order chi connectivity index (χ1) is 9.70. The van der Waals surface area contributed by atoms with Crippen molar-refractivity contribution in [1.82, 2.24) is 10.3 Å². The summed E-state index contributed by atoms with van der Waals surface area (Å²) in [5, 5.41) is 2.95. The molecule has 1 aromatic heterocycles. The first-order valence-electron chi connectivity index (χ1n) is 7.62. The van der Waals surface area contributed by atoms with E-state index in [-0.39, 0.29) is 5.91 Å². The van der Waals surface area contributed by atoms with Gasteiger partial charge in [-0.2, -0.15) is 0 Å². The van der Waals surface area contributed by atoms with Crippen LogP contribution in [0.3, 0.4) is 0 Å². The Kier molecular flexibility index (Phi) is 5.17. The normalized spacial score (nSPS) is 18.5. The van der Waals surface area contributed by atoms with Crippen molar-refractivity contribution < 1.29 is 9.21 Å². The van der Waals surface area contributed by atoms with Gasteiger partial charge in [0.2, 0.25) is 11.8 Å². The van der Waals surface area contributed by atoms with Crippen molar-refractivity contribution in [3.05, 3.63) is 17.8 Å². The highest BCUT2D eigenvalue weighted by Crippen LogP contribution is 2.34. The zero-order chi connectivity index (χ0) is 14.4. The fourth-order valence-corrected chi connectivity index (χ4v) is 2.87. The number of aryl methyl sites for hydroxylation is 1. The first-order valence-corrected chi connectivity index (χ1v) is 7.62. The molecule has 0 saturated heterocycles. The molecule has 5 heteroatoms. The summed E-state index contributed by atoms with van der Waals surface area (Å²) in [5.41, 5.74) is 5.51. The molecule has 1 fully saturated rings. The first kappa shape index (κ1) is 15.0. The van der Waals surface area contributed by atoms with Crippen LogP contribution in [-0.2, 0) is 17.8 Å². The predicted octanol–water partition coefficient (Wildman–Crippen LogP) is 2.15. The number of rotatable bonds is 5. The number of carbonyl (C=O) groups excluding carboxylic acids is 1. The molecule has 1 saturated carbocycles. The van der Waals surface area contributed by atoms with E-state index in [2.05, 4.69) is 10.3 Å². The number of hydrogen-bond donors (Lipinski definition) is 2. The van der Waals surface area contributed by atoms with E-state index in [4.69, 9.17) is 10.2 Å². The molecule has 20 heavy (non-hydrogen) atoms. The maximum absolute atomic E-state index is 12.5. The molecule has 1 amide bonds. The lowest BCUT2D eigenvalue weighted by Crippen LogP contribution is -2.45. The number of nitrogens with two attached hydrogens (primary N) is 1. The number of amides is 1. The molecule has 0 bridgehead atoms. The van der Waals surface area contributed by atoms with E-state index in [1.807, 2.05) is 6.92 Å². The van der Waals surface area contributed by atoms with Gasteiger partial charge in [0.1, 0.15) is 5.76 Å². The third-order valence-corrected chi connectivity index (χ3v) is 4.28. The van der Waals surface area contributed by atoms with Crippen LogP contribution < -0.4 is 11.1 Å². The minimum atomic E-state index is -0.392. The van der Waals surface area contributed by atoms with E-state index >= 15 is 0 Å². The lowest BCUT2D eigenvalue weighted by atomic mass is 9.79. The summed E-state index contributed by atoms with van der Waals surface area (Å²) in [6.45, 7) is 2.78. The molecule has 0 unspecified atom stereocenters. The van der Waals surface area contributed by atoms with E-state index in [1.54, 1.807) is 6.20 Å². The van der Waals surface area contributed by atoms with Crippen LogP contribution in [0.4, 0.5) is 0 Å². The SMILES string of the molecule is CCc1cnc(CNC(=O)C2(CN)CCCCCC2)o1. The molecule has 2 rings (SSSR count). The van der Waals surface area contributed by atoms with Crippen LogP contribution in [0.5, 0.6) is 0 Å². The average Bonchev–Trinajstić information content (AvgIpc) is 2.80. The van der Waals surface area contributed by atoms with E-state index in [9.17, 15) is 4.79 Å². The summed E-state index contributed by atoms with van der Waals surface area (Å²) >= 11 is 0. The fourth-order valence-electron chi connectivity index (χ4n) is 2.87. The van der Waals surface area contributed by atoms with E-state index in [0.29, 0.717) is 19.0 Å². The molecular formula is C15H25N3O2. The van der Waals surface area contributed by atoms with E-state index in [1.165, 1.54) is 12.8 Å². The van der Waals surface area contributed by atoms with Crippen LogP contribution in [0, 0.1) is 5.41 Å². The van der Waals surface area contributed by atoms with Crippen molar-refractivity contribution in [2.24, 2.45) is 11.1 Å². The molecule has 3 N–H and O–H groups in total. The van der Waals surface area contributed by atoms with Crippen LogP contribution >= 0.6 is 0 Å². The lowest BCUT2D eigenvalue weighted by Gasteiger charge is -2.29. The minimum Gasteiger partial charge on any atom is -0.444 e. The van der Waals surface area contributed by atoms with Crippen molar-refractivity contribution in [2.45, 2.75) is 58.4 Å². The Morgan fingerprint density at radius 1 is 1.40 bits per heavy atom. The molecular weight excluding hydrogens is 254 g/mol. The lowest BCUT2D eigenvalue weighted by molar-refractivity contribution is -0.131. The Morgan fingerprint density at radius 2 is 2.10 bits per heavy atom. The van der Waals surface area contributed by atoms with E-state index in [0.717, 1.165) is 37.9 Å². The van der Waals surface area contributed by atoms with Crippen LogP contribution in [0.15, 0.2) is 10.6 Å². The van der Waals surface area contributed by atoms with Crippen LogP contribution in [0.2, 0.25) is 0 Å². The minimum absolute atomic E-state index is 0.0538. The van der Waals surface area contributed by atoms with Gasteiger partial charge in [0, 0.05) is 13.0 Å². The molecule has 1 aliphatic carbocycles. The van der Waals surface area contributed by atoms with Gasteiger partial charge in [-0.1, -0.05) is 32.6 Å². The van der Waals surface area contributed by atoms with Gasteiger partial charge >= 0.3 is 0 Å². The molecule has 0 atom stereocenters. The second-order valence-corrected chi connectivity index (χ2v) is 5.66. The second kappa shape index (κ2) is 6.88. The van der Waals surface area contributed by atoms with Crippen LogP contribution in [0.1, 0.15) is 57.1 Å². The van der Waals surface area contributed by atoms with Gasteiger partial charge in [-0.05, 0) is 12.8 Å². The van der Waals surface area contributed by atoms with E-state index < -0.39 is 5.41 Å². The van der Waals surface area contributed by atoms with Gasteiger partial charge in [0.15, 0.2) is 0 Å². The molecule has 0 aliphatic heterocycles. The summed E-state index contributed by atoms with van der Waals surface area (Å²) in [6, 6.07) is 0. The third kappa shape index (κ3) is 3.39. The number of carbonyl (C=O) groups is 1. The summed E-state index contributed by atoms with van der Waals surface area (Å²) in [4.78, 5) is 16.7. The maximum Gasteiger partial charge on any atom is 0.227 e. The molecule has 1 aromatic rings. The number of nitrogens with zero attached hydrogens (tertiary/aromatic N) is 1. The average molecular weight is 279 g/mol. The second-order valence-electron chi connectivity index (χ2n) is 5.66. The Balaban J connectivity index is 1.94. The summed E-state index contributed by atoms with van der Waals surface area (Å²) in [6.07, 6.45) is 8.89. The number of aromatic nitrogens is 1. The monoisotopic (exact) mass is 279 g/mol. The number of oxazole rings is 1. The van der Waals surface area contributed by atoms with Crippen LogP contribution in [0.25, 0.3) is 0 Å². The molecule has 1 heterocycles. The molecule has 112 valence electrons. The summed E-state index contributed by atoms with van der Waals surface area (Å²) < 4.78 is 5.50. The van der Waals surface area contributed by atoms with Gasteiger partial charge in [-0.3, -0.25) is 4.79 Å².